The van der Waals surface area contributed by atoms with E-state index in [0.29, 0.717) is 18.5 Å². The number of carbonyl (C=O) groups is 2. The number of nitrogens with zero attached hydrogens (tertiary/aromatic N) is 4. The van der Waals surface area contributed by atoms with E-state index < -0.39 is 17.9 Å². The molecule has 0 bridgehead atoms. The SMILES string of the molecule is CC(CC=O)CCN(C)C[C@@H](N)CC(=O)N1CCc2c(nc(-c3ccoc3)nc2C(F)(F)F)C1. The molecule has 2 aromatic rings. The highest BCUT2D eigenvalue weighted by Gasteiger charge is 2.39. The van der Waals surface area contributed by atoms with Crippen molar-refractivity contribution in [3.8, 4) is 11.4 Å². The van der Waals surface area contributed by atoms with Gasteiger partial charge in [0.2, 0.25) is 5.91 Å². The number of hydrogen-bond acceptors (Lipinski definition) is 7. The average Bonchev–Trinajstić information content (AvgIpc) is 3.31. The summed E-state index contributed by atoms with van der Waals surface area (Å²) in [6.45, 7) is 3.37. The quantitative estimate of drug-likeness (QED) is 0.520. The van der Waals surface area contributed by atoms with Gasteiger partial charge in [-0.25, -0.2) is 9.97 Å². The Labute approximate surface area is 196 Å². The number of carbonyl (C=O) groups excluding carboxylic acids is 2. The van der Waals surface area contributed by atoms with Crippen LogP contribution in [-0.2, 0) is 28.7 Å². The van der Waals surface area contributed by atoms with E-state index in [1.54, 1.807) is 0 Å². The second-order valence-electron chi connectivity index (χ2n) is 8.92. The number of hydrogen-bond donors (Lipinski definition) is 1. The van der Waals surface area contributed by atoms with Crippen LogP contribution in [0.5, 0.6) is 0 Å². The standard InChI is InChI=1S/C23H30F3N5O3/c1-15(5-9-32)3-7-30(2)12-17(27)11-20(33)31-8-4-18-19(13-31)28-22(16-6-10-34-14-16)29-21(18)23(24,25)26/h6,9-10,14-15,17H,3-5,7-8,11-13,27H2,1-2H3/t15?,17-/m0/s1. The number of nitrogens with two attached hydrogens (primary N) is 1. The minimum atomic E-state index is -4.63. The number of alkyl halides is 3. The molecule has 11 heteroatoms. The Hall–Kier alpha value is -2.79. The largest absolute Gasteiger partial charge is 0.472 e. The fourth-order valence-electron chi connectivity index (χ4n) is 4.03. The van der Waals surface area contributed by atoms with Crippen LogP contribution < -0.4 is 5.73 Å². The Kier molecular flexibility index (Phi) is 8.42. The highest BCUT2D eigenvalue weighted by molar-refractivity contribution is 5.77. The van der Waals surface area contributed by atoms with Gasteiger partial charge in [-0.1, -0.05) is 6.92 Å². The van der Waals surface area contributed by atoms with Crippen molar-refractivity contribution in [2.24, 2.45) is 11.7 Å². The fraction of sp³-hybridized carbons (Fsp3) is 0.565. The summed E-state index contributed by atoms with van der Waals surface area (Å²) in [6.07, 6.45) is 0.350. The maximum Gasteiger partial charge on any atom is 0.433 e. The van der Waals surface area contributed by atoms with Crippen molar-refractivity contribution < 1.29 is 27.2 Å². The van der Waals surface area contributed by atoms with Crippen molar-refractivity contribution in [1.29, 1.82) is 0 Å². The van der Waals surface area contributed by atoms with Gasteiger partial charge in [-0.3, -0.25) is 4.79 Å². The molecule has 0 spiro atoms. The van der Waals surface area contributed by atoms with Crippen LogP contribution in [0.1, 0.15) is 43.1 Å². The molecule has 3 heterocycles. The third kappa shape index (κ3) is 6.63. The Bertz CT molecular complexity index is 981. The van der Waals surface area contributed by atoms with Crippen molar-refractivity contribution in [3.63, 3.8) is 0 Å². The van der Waals surface area contributed by atoms with E-state index in [9.17, 15) is 22.8 Å². The van der Waals surface area contributed by atoms with Crippen molar-refractivity contribution in [2.45, 2.75) is 51.4 Å². The molecule has 0 fully saturated rings. The zero-order chi connectivity index (χ0) is 24.9. The van der Waals surface area contributed by atoms with Crippen molar-refractivity contribution in [1.82, 2.24) is 19.8 Å². The minimum Gasteiger partial charge on any atom is -0.472 e. The molecule has 186 valence electrons. The van der Waals surface area contributed by atoms with Gasteiger partial charge in [0.25, 0.3) is 0 Å². The van der Waals surface area contributed by atoms with E-state index in [1.165, 1.54) is 23.5 Å². The van der Waals surface area contributed by atoms with Gasteiger partial charge in [0.1, 0.15) is 12.5 Å². The van der Waals surface area contributed by atoms with Gasteiger partial charge in [0.05, 0.1) is 24.1 Å². The maximum atomic E-state index is 13.7. The highest BCUT2D eigenvalue weighted by atomic mass is 19.4. The van der Waals surface area contributed by atoms with Crippen molar-refractivity contribution >= 4 is 12.2 Å². The molecule has 2 atom stereocenters. The molecular formula is C23H30F3N5O3. The molecule has 1 aliphatic heterocycles. The highest BCUT2D eigenvalue weighted by Crippen LogP contribution is 2.35. The smallest absolute Gasteiger partial charge is 0.433 e. The lowest BCUT2D eigenvalue weighted by Gasteiger charge is -2.31. The normalized spacial score (nSPS) is 15.8. The molecule has 34 heavy (non-hydrogen) atoms. The maximum absolute atomic E-state index is 13.7. The molecule has 0 saturated carbocycles. The number of likely N-dealkylation sites (N-methyl/N-ethyl adjacent to an activating group) is 1. The number of furan rings is 1. The first-order chi connectivity index (χ1) is 16.1. The van der Waals surface area contributed by atoms with Gasteiger partial charge < -0.3 is 24.7 Å². The summed E-state index contributed by atoms with van der Waals surface area (Å²) in [4.78, 5) is 35.0. The molecule has 0 aromatic carbocycles. The van der Waals surface area contributed by atoms with Crippen molar-refractivity contribution in [2.75, 3.05) is 26.7 Å². The van der Waals surface area contributed by atoms with Gasteiger partial charge in [-0.05, 0) is 38.4 Å². The summed E-state index contributed by atoms with van der Waals surface area (Å²) in [7, 11) is 1.90. The molecule has 8 nitrogen and oxygen atoms in total. The zero-order valence-corrected chi connectivity index (χ0v) is 19.3. The number of fused-ring (bicyclic) bond motifs is 1. The lowest BCUT2D eigenvalue weighted by Crippen LogP contribution is -2.43. The third-order valence-corrected chi connectivity index (χ3v) is 5.95. The predicted octanol–water partition coefficient (Wildman–Crippen LogP) is 2.90. The Balaban J connectivity index is 1.65. The van der Waals surface area contributed by atoms with E-state index in [-0.39, 0.29) is 54.8 Å². The zero-order valence-electron chi connectivity index (χ0n) is 19.3. The molecule has 1 aliphatic rings. The summed E-state index contributed by atoms with van der Waals surface area (Å²) in [6, 6.07) is 1.07. The van der Waals surface area contributed by atoms with E-state index in [2.05, 4.69) is 9.97 Å². The van der Waals surface area contributed by atoms with Crippen molar-refractivity contribution in [3.05, 3.63) is 35.5 Å². The molecule has 1 unspecified atom stereocenters. The van der Waals surface area contributed by atoms with Gasteiger partial charge in [-0.15, -0.1) is 0 Å². The summed E-state index contributed by atoms with van der Waals surface area (Å²) in [5.41, 5.74) is 5.76. The first-order valence-electron chi connectivity index (χ1n) is 11.2. The van der Waals surface area contributed by atoms with Crippen LogP contribution in [0.3, 0.4) is 0 Å². The number of halogens is 3. The number of rotatable bonds is 10. The molecular weight excluding hydrogens is 451 g/mol. The summed E-state index contributed by atoms with van der Waals surface area (Å²) < 4.78 is 46.0. The van der Waals surface area contributed by atoms with Crippen LogP contribution in [0.2, 0.25) is 0 Å². The van der Waals surface area contributed by atoms with Gasteiger partial charge in [0.15, 0.2) is 11.5 Å². The predicted molar refractivity (Wildman–Crippen MR) is 118 cm³/mol. The molecule has 0 saturated heterocycles. The summed E-state index contributed by atoms with van der Waals surface area (Å²) >= 11 is 0. The summed E-state index contributed by atoms with van der Waals surface area (Å²) in [5, 5.41) is 0. The molecule has 1 amide bonds. The monoisotopic (exact) mass is 481 g/mol. The number of aldehydes is 1. The van der Waals surface area contributed by atoms with Crippen LogP contribution in [0.4, 0.5) is 13.2 Å². The fourth-order valence-corrected chi connectivity index (χ4v) is 4.03. The lowest BCUT2D eigenvalue weighted by atomic mass is 10.0. The lowest BCUT2D eigenvalue weighted by molar-refractivity contribution is -0.142. The first-order valence-corrected chi connectivity index (χ1v) is 11.2. The van der Waals surface area contributed by atoms with Gasteiger partial charge >= 0.3 is 6.18 Å². The Morgan fingerprint density at radius 2 is 2.15 bits per heavy atom. The molecule has 2 N–H and O–H groups in total. The molecule has 0 radical (unpaired) electrons. The second kappa shape index (κ2) is 11.1. The number of aromatic nitrogens is 2. The van der Waals surface area contributed by atoms with E-state index in [0.717, 1.165) is 19.3 Å². The van der Waals surface area contributed by atoms with E-state index >= 15 is 0 Å². The van der Waals surface area contributed by atoms with Crippen LogP contribution in [-0.4, -0.2) is 64.7 Å². The average molecular weight is 482 g/mol. The van der Waals surface area contributed by atoms with Gasteiger partial charge in [0, 0.05) is 37.5 Å². The molecule has 2 aromatic heterocycles. The van der Waals surface area contributed by atoms with Gasteiger partial charge in [-0.2, -0.15) is 13.2 Å². The first kappa shape index (κ1) is 25.8. The Morgan fingerprint density at radius 1 is 1.38 bits per heavy atom. The third-order valence-electron chi connectivity index (χ3n) is 5.95. The second-order valence-corrected chi connectivity index (χ2v) is 8.92. The Morgan fingerprint density at radius 3 is 2.79 bits per heavy atom. The molecule has 0 aliphatic carbocycles. The minimum absolute atomic E-state index is 0.0192. The van der Waals surface area contributed by atoms with E-state index in [1.807, 2.05) is 18.9 Å². The number of amides is 1. The molecule has 3 rings (SSSR count). The van der Waals surface area contributed by atoms with E-state index in [4.69, 9.17) is 10.2 Å². The topological polar surface area (TPSA) is 106 Å². The van der Waals surface area contributed by atoms with Crippen LogP contribution in [0.15, 0.2) is 23.0 Å². The summed E-state index contributed by atoms with van der Waals surface area (Å²) in [5.74, 6) is -0.0316. The van der Waals surface area contributed by atoms with Crippen LogP contribution in [0, 0.1) is 5.92 Å². The van der Waals surface area contributed by atoms with Crippen LogP contribution >= 0.6 is 0 Å². The van der Waals surface area contributed by atoms with Crippen LogP contribution in [0.25, 0.3) is 11.4 Å².